The molecule has 3 aliphatic rings. The van der Waals surface area contributed by atoms with Crippen molar-refractivity contribution < 1.29 is 44.1 Å². The smallest absolute Gasteiger partial charge is 0.204 e. The SMILES string of the molecule is COc1c2c(cc3c1OC(C)(C)C(OC1OC(CO)C(O)C(O)C1O)C3)C=CCO2. The molecule has 1 aromatic rings. The van der Waals surface area contributed by atoms with Gasteiger partial charge in [-0.2, -0.15) is 0 Å². The molecule has 4 N–H and O–H groups in total. The minimum atomic E-state index is -1.50. The Balaban J connectivity index is 1.62. The number of methoxy groups -OCH3 is 1. The highest BCUT2D eigenvalue weighted by molar-refractivity contribution is 5.70. The van der Waals surface area contributed by atoms with Crippen molar-refractivity contribution in [1.29, 1.82) is 0 Å². The normalized spacial score (nSPS) is 34.4. The van der Waals surface area contributed by atoms with Gasteiger partial charge in [-0.1, -0.05) is 6.08 Å². The number of hydrogen-bond donors (Lipinski definition) is 4. The maximum Gasteiger partial charge on any atom is 0.204 e. The van der Waals surface area contributed by atoms with E-state index in [-0.39, 0.29) is 0 Å². The highest BCUT2D eigenvalue weighted by Crippen LogP contribution is 2.49. The molecule has 30 heavy (non-hydrogen) atoms. The third-order valence-corrected chi connectivity index (χ3v) is 5.81. The van der Waals surface area contributed by atoms with Crippen molar-refractivity contribution in [2.45, 2.75) is 62.7 Å². The van der Waals surface area contributed by atoms with Gasteiger partial charge in [0.2, 0.25) is 5.75 Å². The molecule has 4 rings (SSSR count). The topological polar surface area (TPSA) is 127 Å². The van der Waals surface area contributed by atoms with Gasteiger partial charge in [-0.05, 0) is 26.0 Å². The summed E-state index contributed by atoms with van der Waals surface area (Å²) < 4.78 is 29.1. The molecule has 3 aliphatic heterocycles. The van der Waals surface area contributed by atoms with Crippen LogP contribution >= 0.6 is 0 Å². The molecule has 3 heterocycles. The van der Waals surface area contributed by atoms with Gasteiger partial charge in [0.05, 0.1) is 13.7 Å². The van der Waals surface area contributed by atoms with Crippen LogP contribution < -0.4 is 14.2 Å². The zero-order valence-electron chi connectivity index (χ0n) is 17.1. The van der Waals surface area contributed by atoms with Crippen LogP contribution in [0.3, 0.4) is 0 Å². The second-order valence-electron chi connectivity index (χ2n) is 8.26. The molecule has 0 spiro atoms. The number of aliphatic hydroxyl groups excluding tert-OH is 4. The van der Waals surface area contributed by atoms with Gasteiger partial charge in [0, 0.05) is 17.5 Å². The zero-order chi connectivity index (χ0) is 21.6. The van der Waals surface area contributed by atoms with Crippen molar-refractivity contribution in [3.63, 3.8) is 0 Å². The summed E-state index contributed by atoms with van der Waals surface area (Å²) in [5.74, 6) is 1.72. The Bertz CT molecular complexity index is 819. The summed E-state index contributed by atoms with van der Waals surface area (Å²) in [5, 5.41) is 39.8. The monoisotopic (exact) mass is 424 g/mol. The van der Waals surface area contributed by atoms with Crippen LogP contribution in [0.2, 0.25) is 0 Å². The third-order valence-electron chi connectivity index (χ3n) is 5.81. The fourth-order valence-electron chi connectivity index (χ4n) is 4.05. The van der Waals surface area contributed by atoms with Gasteiger partial charge >= 0.3 is 0 Å². The van der Waals surface area contributed by atoms with Crippen LogP contribution in [0.15, 0.2) is 12.1 Å². The van der Waals surface area contributed by atoms with Crippen LogP contribution in [0.25, 0.3) is 6.08 Å². The van der Waals surface area contributed by atoms with Crippen LogP contribution in [0, 0.1) is 0 Å². The summed E-state index contributed by atoms with van der Waals surface area (Å²) in [6.45, 7) is 3.61. The predicted octanol–water partition coefficient (Wildman–Crippen LogP) is -0.000600. The fourth-order valence-corrected chi connectivity index (χ4v) is 4.05. The molecule has 0 aliphatic carbocycles. The first-order valence-corrected chi connectivity index (χ1v) is 9.95. The van der Waals surface area contributed by atoms with Crippen molar-refractivity contribution in [2.75, 3.05) is 20.3 Å². The second-order valence-corrected chi connectivity index (χ2v) is 8.26. The Morgan fingerprint density at radius 1 is 1.13 bits per heavy atom. The molecule has 9 heteroatoms. The number of benzene rings is 1. The molecule has 0 saturated carbocycles. The minimum Gasteiger partial charge on any atom is -0.490 e. The molecule has 9 nitrogen and oxygen atoms in total. The van der Waals surface area contributed by atoms with Crippen LogP contribution in [-0.4, -0.2) is 83.2 Å². The van der Waals surface area contributed by atoms with Crippen molar-refractivity contribution >= 4 is 6.08 Å². The van der Waals surface area contributed by atoms with Gasteiger partial charge < -0.3 is 44.1 Å². The molecule has 0 radical (unpaired) electrons. The van der Waals surface area contributed by atoms with Gasteiger partial charge in [-0.15, -0.1) is 0 Å². The lowest BCUT2D eigenvalue weighted by atomic mass is 9.89. The minimum absolute atomic E-state index is 0.425. The van der Waals surface area contributed by atoms with Crippen molar-refractivity contribution in [2.24, 2.45) is 0 Å². The van der Waals surface area contributed by atoms with E-state index >= 15 is 0 Å². The molecule has 166 valence electrons. The first-order valence-electron chi connectivity index (χ1n) is 9.95. The number of rotatable bonds is 4. The van der Waals surface area contributed by atoms with E-state index < -0.39 is 49.0 Å². The third kappa shape index (κ3) is 3.55. The van der Waals surface area contributed by atoms with E-state index in [1.807, 2.05) is 32.1 Å². The van der Waals surface area contributed by atoms with Crippen LogP contribution in [0.5, 0.6) is 17.2 Å². The van der Waals surface area contributed by atoms with E-state index in [1.54, 1.807) is 7.11 Å². The summed E-state index contributed by atoms with van der Waals surface area (Å²) in [7, 11) is 1.56. The number of fused-ring (bicyclic) bond motifs is 2. The summed E-state index contributed by atoms with van der Waals surface area (Å²) in [5.41, 5.74) is 0.874. The molecule has 1 saturated heterocycles. The van der Waals surface area contributed by atoms with Crippen LogP contribution in [-0.2, 0) is 15.9 Å². The highest BCUT2D eigenvalue weighted by Gasteiger charge is 2.48. The Kier molecular flexibility index (Phi) is 5.69. The molecular formula is C21H28O9. The quantitative estimate of drug-likeness (QED) is 0.528. The summed E-state index contributed by atoms with van der Waals surface area (Å²) in [4.78, 5) is 0. The van der Waals surface area contributed by atoms with Gasteiger partial charge in [0.25, 0.3) is 0 Å². The lowest BCUT2D eigenvalue weighted by Gasteiger charge is -2.45. The molecular weight excluding hydrogens is 396 g/mol. The largest absolute Gasteiger partial charge is 0.490 e. The van der Waals surface area contributed by atoms with Crippen molar-refractivity contribution in [1.82, 2.24) is 0 Å². The highest BCUT2D eigenvalue weighted by atomic mass is 16.7. The standard InChI is InChI=1S/C21H28O9/c1-21(2)13(29-20-16(25)15(24)14(23)12(9-22)28-20)8-11-7-10-5-4-6-27-17(10)19(26-3)18(11)30-21/h4-5,7,12-16,20,22-25H,6,8-9H2,1-3H3. The Labute approximate surface area is 174 Å². The molecule has 6 atom stereocenters. The van der Waals surface area contributed by atoms with Gasteiger partial charge in [-0.3, -0.25) is 0 Å². The Hall–Kier alpha value is -1.88. The van der Waals surface area contributed by atoms with Gasteiger partial charge in [-0.25, -0.2) is 0 Å². The molecule has 0 amide bonds. The lowest BCUT2D eigenvalue weighted by Crippen LogP contribution is -2.61. The number of ether oxygens (including phenoxy) is 5. The van der Waals surface area contributed by atoms with Crippen molar-refractivity contribution in [3.8, 4) is 17.2 Å². The number of aliphatic hydroxyl groups is 4. The average Bonchev–Trinajstić information content (AvgIpc) is 2.72. The molecule has 6 unspecified atom stereocenters. The molecule has 0 aromatic heterocycles. The van der Waals surface area contributed by atoms with E-state index in [4.69, 9.17) is 23.7 Å². The summed E-state index contributed by atoms with van der Waals surface area (Å²) in [6.07, 6.45) is -2.97. The molecule has 0 bridgehead atoms. The zero-order valence-corrected chi connectivity index (χ0v) is 17.1. The molecule has 1 aromatic carbocycles. The predicted molar refractivity (Wildman–Crippen MR) is 105 cm³/mol. The van der Waals surface area contributed by atoms with Crippen LogP contribution in [0.4, 0.5) is 0 Å². The van der Waals surface area contributed by atoms with E-state index in [9.17, 15) is 20.4 Å². The van der Waals surface area contributed by atoms with E-state index in [0.29, 0.717) is 30.3 Å². The first kappa shape index (κ1) is 21.4. The van der Waals surface area contributed by atoms with E-state index in [0.717, 1.165) is 11.1 Å². The maximum absolute atomic E-state index is 10.3. The fraction of sp³-hybridized carbons (Fsp3) is 0.619. The van der Waals surface area contributed by atoms with Crippen molar-refractivity contribution in [3.05, 3.63) is 23.3 Å². The summed E-state index contributed by atoms with van der Waals surface area (Å²) >= 11 is 0. The maximum atomic E-state index is 10.3. The summed E-state index contributed by atoms with van der Waals surface area (Å²) in [6, 6.07) is 1.95. The number of hydrogen-bond acceptors (Lipinski definition) is 9. The van der Waals surface area contributed by atoms with E-state index in [2.05, 4.69) is 0 Å². The van der Waals surface area contributed by atoms with E-state index in [1.165, 1.54) is 0 Å². The Morgan fingerprint density at radius 3 is 2.60 bits per heavy atom. The van der Waals surface area contributed by atoms with Crippen LogP contribution in [0.1, 0.15) is 25.0 Å². The molecule has 1 fully saturated rings. The van der Waals surface area contributed by atoms with Gasteiger partial charge in [0.15, 0.2) is 17.8 Å². The average molecular weight is 424 g/mol. The van der Waals surface area contributed by atoms with Gasteiger partial charge in [0.1, 0.15) is 42.7 Å². The second kappa shape index (κ2) is 7.99. The first-order chi connectivity index (χ1) is 14.3. The Morgan fingerprint density at radius 2 is 1.90 bits per heavy atom. The lowest BCUT2D eigenvalue weighted by molar-refractivity contribution is -0.321.